The fourth-order valence-corrected chi connectivity index (χ4v) is 2.15. The smallest absolute Gasteiger partial charge is 0.133 e. The molecule has 1 aliphatic rings. The third kappa shape index (κ3) is 1.61. The summed E-state index contributed by atoms with van der Waals surface area (Å²) >= 11 is 0. The highest BCUT2D eigenvalue weighted by Gasteiger charge is 2.30. The molecule has 3 heteroatoms. The second-order valence-electron chi connectivity index (χ2n) is 4.17. The van der Waals surface area contributed by atoms with E-state index in [-0.39, 0.29) is 0 Å². The van der Waals surface area contributed by atoms with Gasteiger partial charge in [-0.25, -0.2) is 0 Å². The van der Waals surface area contributed by atoms with Crippen molar-refractivity contribution in [2.24, 2.45) is 5.92 Å². The van der Waals surface area contributed by atoms with E-state index in [1.54, 1.807) is 0 Å². The number of aryl methyl sites for hydroxylation is 1. The van der Waals surface area contributed by atoms with E-state index in [0.717, 1.165) is 24.5 Å². The molecule has 0 bridgehead atoms. The summed E-state index contributed by atoms with van der Waals surface area (Å²) in [5.41, 5.74) is 1.12. The van der Waals surface area contributed by atoms with Crippen LogP contribution >= 0.6 is 0 Å². The summed E-state index contributed by atoms with van der Waals surface area (Å²) in [4.78, 5) is 2.35. The zero-order valence-electron chi connectivity index (χ0n) is 8.45. The van der Waals surface area contributed by atoms with E-state index in [2.05, 4.69) is 30.1 Å². The van der Waals surface area contributed by atoms with Crippen molar-refractivity contribution in [3.05, 3.63) is 17.5 Å². The Labute approximate surface area is 78.7 Å². The lowest BCUT2D eigenvalue weighted by molar-refractivity contribution is 0.378. The van der Waals surface area contributed by atoms with Crippen LogP contribution in [0.1, 0.15) is 24.3 Å². The van der Waals surface area contributed by atoms with Crippen LogP contribution in [0.4, 0.5) is 0 Å². The summed E-state index contributed by atoms with van der Waals surface area (Å²) < 4.78 is 5.09. The molecule has 1 aromatic heterocycles. The van der Waals surface area contributed by atoms with Gasteiger partial charge in [0.2, 0.25) is 0 Å². The minimum Gasteiger partial charge on any atom is -0.361 e. The van der Waals surface area contributed by atoms with E-state index in [9.17, 15) is 0 Å². The standard InChI is InChI=1S/C10H16N2O/c1-7-5-12(3)6-9(7)10-4-8(2)13-11-10/h4,7,9H,5-6H2,1-3H3. The lowest BCUT2D eigenvalue weighted by atomic mass is 9.95. The summed E-state index contributed by atoms with van der Waals surface area (Å²) in [5, 5.41) is 4.08. The molecule has 1 aliphatic heterocycles. The van der Waals surface area contributed by atoms with Gasteiger partial charge < -0.3 is 9.42 Å². The zero-order valence-corrected chi connectivity index (χ0v) is 8.45. The monoisotopic (exact) mass is 180 g/mol. The lowest BCUT2D eigenvalue weighted by Crippen LogP contribution is -2.13. The van der Waals surface area contributed by atoms with Gasteiger partial charge in [0.25, 0.3) is 0 Å². The van der Waals surface area contributed by atoms with Crippen molar-refractivity contribution in [1.82, 2.24) is 10.1 Å². The molecule has 72 valence electrons. The Balaban J connectivity index is 2.17. The maximum Gasteiger partial charge on any atom is 0.133 e. The first-order valence-electron chi connectivity index (χ1n) is 4.78. The largest absolute Gasteiger partial charge is 0.361 e. The van der Waals surface area contributed by atoms with Crippen LogP contribution in [0.3, 0.4) is 0 Å². The number of rotatable bonds is 1. The van der Waals surface area contributed by atoms with Crippen molar-refractivity contribution in [2.75, 3.05) is 20.1 Å². The van der Waals surface area contributed by atoms with Crippen LogP contribution in [0.2, 0.25) is 0 Å². The van der Waals surface area contributed by atoms with Gasteiger partial charge in [0.05, 0.1) is 5.69 Å². The average molecular weight is 180 g/mol. The number of likely N-dealkylation sites (N-methyl/N-ethyl adjacent to an activating group) is 1. The zero-order chi connectivity index (χ0) is 9.42. The highest BCUT2D eigenvalue weighted by molar-refractivity contribution is 5.13. The summed E-state index contributed by atoms with van der Waals surface area (Å²) in [7, 11) is 2.16. The Morgan fingerprint density at radius 1 is 1.54 bits per heavy atom. The Morgan fingerprint density at radius 2 is 2.31 bits per heavy atom. The highest BCUT2D eigenvalue weighted by Crippen LogP contribution is 2.30. The molecule has 1 aromatic rings. The molecule has 0 radical (unpaired) electrons. The molecule has 3 nitrogen and oxygen atoms in total. The number of nitrogens with zero attached hydrogens (tertiary/aromatic N) is 2. The number of hydrogen-bond donors (Lipinski definition) is 0. The van der Waals surface area contributed by atoms with Crippen molar-refractivity contribution in [2.45, 2.75) is 19.8 Å². The normalized spacial score (nSPS) is 29.8. The summed E-state index contributed by atoms with van der Waals surface area (Å²) in [6.07, 6.45) is 0. The van der Waals surface area contributed by atoms with Gasteiger partial charge in [-0.3, -0.25) is 0 Å². The minimum atomic E-state index is 0.558. The molecule has 0 aliphatic carbocycles. The topological polar surface area (TPSA) is 29.3 Å². The maximum atomic E-state index is 5.09. The first-order valence-corrected chi connectivity index (χ1v) is 4.78. The molecule has 2 rings (SSSR count). The highest BCUT2D eigenvalue weighted by atomic mass is 16.5. The molecular weight excluding hydrogens is 164 g/mol. The van der Waals surface area contributed by atoms with Gasteiger partial charge in [-0.2, -0.15) is 0 Å². The Bertz CT molecular complexity index is 295. The Morgan fingerprint density at radius 3 is 2.77 bits per heavy atom. The van der Waals surface area contributed by atoms with Crippen LogP contribution in [0.5, 0.6) is 0 Å². The van der Waals surface area contributed by atoms with E-state index in [1.165, 1.54) is 0 Å². The molecule has 2 heterocycles. The van der Waals surface area contributed by atoms with Crippen molar-refractivity contribution in [1.29, 1.82) is 0 Å². The molecule has 0 spiro atoms. The lowest BCUT2D eigenvalue weighted by Gasteiger charge is -2.08. The third-order valence-electron chi connectivity index (χ3n) is 2.82. The molecule has 2 atom stereocenters. The maximum absolute atomic E-state index is 5.09. The van der Waals surface area contributed by atoms with Gasteiger partial charge in [0.15, 0.2) is 0 Å². The minimum absolute atomic E-state index is 0.558. The van der Waals surface area contributed by atoms with Crippen molar-refractivity contribution in [3.8, 4) is 0 Å². The summed E-state index contributed by atoms with van der Waals surface area (Å²) in [5.74, 6) is 2.16. The number of hydrogen-bond acceptors (Lipinski definition) is 3. The van der Waals surface area contributed by atoms with Crippen molar-refractivity contribution in [3.63, 3.8) is 0 Å². The predicted octanol–water partition coefficient (Wildman–Crippen LogP) is 1.65. The van der Waals surface area contributed by atoms with Crippen LogP contribution in [0.25, 0.3) is 0 Å². The Hall–Kier alpha value is -0.830. The molecule has 0 aromatic carbocycles. The van der Waals surface area contributed by atoms with E-state index in [4.69, 9.17) is 4.52 Å². The Kier molecular flexibility index (Phi) is 2.12. The first-order chi connectivity index (χ1) is 6.16. The van der Waals surface area contributed by atoms with Crippen LogP contribution in [0, 0.1) is 12.8 Å². The second-order valence-corrected chi connectivity index (χ2v) is 4.17. The van der Waals surface area contributed by atoms with Gasteiger partial charge in [0.1, 0.15) is 5.76 Å². The van der Waals surface area contributed by atoms with Crippen LogP contribution in [-0.4, -0.2) is 30.2 Å². The van der Waals surface area contributed by atoms with Gasteiger partial charge in [-0.15, -0.1) is 0 Å². The van der Waals surface area contributed by atoms with E-state index < -0.39 is 0 Å². The number of likely N-dealkylation sites (tertiary alicyclic amines) is 1. The van der Waals surface area contributed by atoms with Gasteiger partial charge in [-0.05, 0) is 19.9 Å². The fourth-order valence-electron chi connectivity index (χ4n) is 2.15. The van der Waals surface area contributed by atoms with Gasteiger partial charge in [-0.1, -0.05) is 12.1 Å². The number of aromatic nitrogens is 1. The molecule has 0 N–H and O–H groups in total. The fraction of sp³-hybridized carbons (Fsp3) is 0.700. The molecular formula is C10H16N2O. The average Bonchev–Trinajstić information content (AvgIpc) is 2.58. The molecule has 1 fully saturated rings. The second kappa shape index (κ2) is 3.14. The van der Waals surface area contributed by atoms with Gasteiger partial charge in [0, 0.05) is 25.1 Å². The van der Waals surface area contributed by atoms with Gasteiger partial charge >= 0.3 is 0 Å². The SMILES string of the molecule is Cc1cc(C2CN(C)CC2C)no1. The van der Waals surface area contributed by atoms with Crippen molar-refractivity contribution >= 4 is 0 Å². The molecule has 0 amide bonds. The molecule has 0 saturated carbocycles. The quantitative estimate of drug-likeness (QED) is 0.658. The van der Waals surface area contributed by atoms with E-state index >= 15 is 0 Å². The van der Waals surface area contributed by atoms with Crippen molar-refractivity contribution < 1.29 is 4.52 Å². The molecule has 1 saturated heterocycles. The third-order valence-corrected chi connectivity index (χ3v) is 2.82. The first kappa shape index (κ1) is 8.75. The predicted molar refractivity (Wildman–Crippen MR) is 50.6 cm³/mol. The van der Waals surface area contributed by atoms with Crippen LogP contribution < -0.4 is 0 Å². The molecule has 13 heavy (non-hydrogen) atoms. The molecule has 2 unspecified atom stereocenters. The van der Waals surface area contributed by atoms with Crippen LogP contribution in [0.15, 0.2) is 10.6 Å². The van der Waals surface area contributed by atoms with E-state index in [0.29, 0.717) is 11.8 Å². The summed E-state index contributed by atoms with van der Waals surface area (Å²) in [6.45, 7) is 6.49. The summed E-state index contributed by atoms with van der Waals surface area (Å²) in [6, 6.07) is 2.06. The van der Waals surface area contributed by atoms with E-state index in [1.807, 2.05) is 6.92 Å². The van der Waals surface area contributed by atoms with Crippen LogP contribution in [-0.2, 0) is 0 Å².